The van der Waals surface area contributed by atoms with Crippen LogP contribution in [0.3, 0.4) is 0 Å². The van der Waals surface area contributed by atoms with Crippen LogP contribution in [0.25, 0.3) is 0 Å². The molecule has 3 rings (SSSR count). The molecule has 3 heterocycles. The van der Waals surface area contributed by atoms with Crippen LogP contribution in [0.4, 0.5) is 10.2 Å². The second-order valence-electron chi connectivity index (χ2n) is 7.51. The third-order valence-electron chi connectivity index (χ3n) is 5.57. The van der Waals surface area contributed by atoms with E-state index in [2.05, 4.69) is 53.2 Å². The van der Waals surface area contributed by atoms with Gasteiger partial charge in [-0.15, -0.1) is 0 Å². The van der Waals surface area contributed by atoms with E-state index in [1.54, 1.807) is 19.2 Å². The summed E-state index contributed by atoms with van der Waals surface area (Å²) < 4.78 is 13.6. The first-order chi connectivity index (χ1) is 14.4. The van der Waals surface area contributed by atoms with E-state index in [1.165, 1.54) is 6.20 Å². The maximum absolute atomic E-state index is 13.6. The highest BCUT2D eigenvalue weighted by Crippen LogP contribution is 2.28. The van der Waals surface area contributed by atoms with E-state index >= 15 is 0 Å². The molecule has 1 amide bonds. The Bertz CT molecular complexity index is 1000. The summed E-state index contributed by atoms with van der Waals surface area (Å²) in [6.45, 7) is 8.02. The predicted molar refractivity (Wildman–Crippen MR) is 116 cm³/mol. The van der Waals surface area contributed by atoms with Crippen molar-refractivity contribution in [1.29, 1.82) is 0 Å². The second-order valence-corrected chi connectivity index (χ2v) is 7.51. The quantitative estimate of drug-likeness (QED) is 0.552. The monoisotopic (exact) mass is 406 g/mol. The minimum atomic E-state index is -0.510. The molecule has 2 atom stereocenters. The molecule has 0 aliphatic rings. The lowest BCUT2D eigenvalue weighted by Crippen LogP contribution is -2.15. The van der Waals surface area contributed by atoms with Crippen molar-refractivity contribution >= 4 is 11.7 Å². The molecule has 0 spiro atoms. The normalized spacial score (nSPS) is 13.0. The van der Waals surface area contributed by atoms with Crippen molar-refractivity contribution in [1.82, 2.24) is 15.0 Å². The van der Waals surface area contributed by atoms with Gasteiger partial charge in [0.1, 0.15) is 11.6 Å². The Hall–Kier alpha value is -3.15. The lowest BCUT2D eigenvalue weighted by Gasteiger charge is -2.17. The van der Waals surface area contributed by atoms with Gasteiger partial charge in [0.25, 0.3) is 5.91 Å². The van der Waals surface area contributed by atoms with E-state index in [4.69, 9.17) is 0 Å². The van der Waals surface area contributed by atoms with Crippen LogP contribution in [-0.4, -0.2) is 20.9 Å². The van der Waals surface area contributed by atoms with Crippen molar-refractivity contribution in [2.24, 2.45) is 0 Å². The van der Waals surface area contributed by atoms with E-state index in [-0.39, 0.29) is 17.0 Å². The van der Waals surface area contributed by atoms with Crippen molar-refractivity contribution in [3.05, 3.63) is 82.8 Å². The van der Waals surface area contributed by atoms with Gasteiger partial charge >= 0.3 is 0 Å². The molecule has 0 saturated heterocycles. The van der Waals surface area contributed by atoms with Gasteiger partial charge in [-0.3, -0.25) is 14.8 Å². The highest BCUT2D eigenvalue weighted by atomic mass is 19.1. The summed E-state index contributed by atoms with van der Waals surface area (Å²) >= 11 is 0. The first kappa shape index (κ1) is 21.6. The molecule has 3 aromatic heterocycles. The zero-order valence-corrected chi connectivity index (χ0v) is 17.8. The van der Waals surface area contributed by atoms with Gasteiger partial charge < -0.3 is 5.32 Å². The Morgan fingerprint density at radius 1 is 1.00 bits per heavy atom. The number of carbonyl (C=O) groups excluding carboxylic acids is 1. The van der Waals surface area contributed by atoms with Gasteiger partial charge in [0, 0.05) is 35.8 Å². The number of hydrogen-bond acceptors (Lipinski definition) is 4. The number of hydrogen-bond donors (Lipinski definition) is 1. The van der Waals surface area contributed by atoms with Crippen LogP contribution in [0.1, 0.15) is 78.2 Å². The second kappa shape index (κ2) is 9.57. The molecular formula is C24H27FN4O. The molecule has 2 unspecified atom stereocenters. The maximum atomic E-state index is 13.6. The molecule has 156 valence electrons. The van der Waals surface area contributed by atoms with Crippen molar-refractivity contribution in [2.45, 2.75) is 52.4 Å². The fourth-order valence-corrected chi connectivity index (χ4v) is 3.38. The van der Waals surface area contributed by atoms with Gasteiger partial charge in [-0.05, 0) is 48.9 Å². The van der Waals surface area contributed by atoms with Crippen LogP contribution in [0.5, 0.6) is 0 Å². The molecule has 30 heavy (non-hydrogen) atoms. The Kier molecular flexibility index (Phi) is 6.87. The lowest BCUT2D eigenvalue weighted by molar-refractivity contribution is 0.102. The largest absolute Gasteiger partial charge is 0.307 e. The first-order valence-electron chi connectivity index (χ1n) is 10.3. The predicted octanol–water partition coefficient (Wildman–Crippen LogP) is 5.63. The fraction of sp³-hybridized carbons (Fsp3) is 0.333. The van der Waals surface area contributed by atoms with Crippen molar-refractivity contribution < 1.29 is 9.18 Å². The maximum Gasteiger partial charge on any atom is 0.258 e. The van der Waals surface area contributed by atoms with Crippen molar-refractivity contribution in [2.75, 3.05) is 5.32 Å². The summed E-state index contributed by atoms with van der Waals surface area (Å²) in [5.74, 6) is 0.0878. The Morgan fingerprint density at radius 2 is 1.70 bits per heavy atom. The number of nitrogens with one attached hydrogen (secondary N) is 1. The lowest BCUT2D eigenvalue weighted by atomic mass is 9.90. The van der Waals surface area contributed by atoms with E-state index in [0.717, 1.165) is 35.9 Å². The highest BCUT2D eigenvalue weighted by Gasteiger charge is 2.16. The number of halogens is 1. The van der Waals surface area contributed by atoms with E-state index < -0.39 is 11.7 Å². The molecule has 1 N–H and O–H groups in total. The van der Waals surface area contributed by atoms with Crippen LogP contribution in [0.15, 0.2) is 49.1 Å². The standard InChI is InChI=1S/C24H27FN4O/c1-5-15(3)22-9-7-17(11-27-22)19(6-2)18-8-10-23(28-12-18)29-24(30)20-13-26-14-21(25)16(20)4/h7-15,19H,5-6H2,1-4H3,(H,28,29,30). The fourth-order valence-electron chi connectivity index (χ4n) is 3.38. The zero-order chi connectivity index (χ0) is 21.7. The molecule has 0 saturated carbocycles. The molecule has 6 heteroatoms. The molecule has 0 aromatic carbocycles. The summed E-state index contributed by atoms with van der Waals surface area (Å²) in [4.78, 5) is 25.2. The molecule has 0 aliphatic carbocycles. The van der Waals surface area contributed by atoms with Crippen LogP contribution < -0.4 is 5.32 Å². The Morgan fingerprint density at radius 3 is 2.27 bits per heavy atom. The van der Waals surface area contributed by atoms with Gasteiger partial charge in [0.15, 0.2) is 0 Å². The SMILES string of the molecule is CCC(C)c1ccc(C(CC)c2ccc(NC(=O)c3cncc(F)c3C)nc2)cn1. The van der Waals surface area contributed by atoms with Gasteiger partial charge in [-0.25, -0.2) is 9.37 Å². The number of carbonyl (C=O) groups is 1. The molecule has 0 aliphatic heterocycles. The third kappa shape index (κ3) is 4.70. The minimum absolute atomic E-state index is 0.176. The van der Waals surface area contributed by atoms with Gasteiger partial charge in [0.2, 0.25) is 0 Å². The summed E-state index contributed by atoms with van der Waals surface area (Å²) in [6, 6.07) is 7.95. The van der Waals surface area contributed by atoms with Crippen LogP contribution >= 0.6 is 0 Å². The van der Waals surface area contributed by atoms with Crippen LogP contribution in [0, 0.1) is 12.7 Å². The molecular weight excluding hydrogens is 379 g/mol. The van der Waals surface area contributed by atoms with Gasteiger partial charge in [-0.1, -0.05) is 32.9 Å². The smallest absolute Gasteiger partial charge is 0.258 e. The van der Waals surface area contributed by atoms with Crippen LogP contribution in [-0.2, 0) is 0 Å². The molecule has 0 radical (unpaired) electrons. The third-order valence-corrected chi connectivity index (χ3v) is 5.57. The molecule has 0 bridgehead atoms. The van der Waals surface area contributed by atoms with Crippen molar-refractivity contribution in [3.63, 3.8) is 0 Å². The average molecular weight is 407 g/mol. The highest BCUT2D eigenvalue weighted by molar-refractivity contribution is 6.04. The Labute approximate surface area is 176 Å². The average Bonchev–Trinajstić information content (AvgIpc) is 2.77. The Balaban J connectivity index is 1.75. The molecule has 0 fully saturated rings. The van der Waals surface area contributed by atoms with Gasteiger partial charge in [0.05, 0.1) is 11.8 Å². The summed E-state index contributed by atoms with van der Waals surface area (Å²) in [5, 5.41) is 2.71. The number of rotatable bonds is 7. The number of nitrogens with zero attached hydrogens (tertiary/aromatic N) is 3. The number of aromatic nitrogens is 3. The number of pyridine rings is 3. The van der Waals surface area contributed by atoms with Crippen LogP contribution in [0.2, 0.25) is 0 Å². The summed E-state index contributed by atoms with van der Waals surface area (Å²) in [5.41, 5.74) is 3.76. The van der Waals surface area contributed by atoms with E-state index in [9.17, 15) is 9.18 Å². The molecule has 3 aromatic rings. The van der Waals surface area contributed by atoms with Gasteiger partial charge in [-0.2, -0.15) is 0 Å². The summed E-state index contributed by atoms with van der Waals surface area (Å²) in [6.07, 6.45) is 8.13. The topological polar surface area (TPSA) is 67.8 Å². The first-order valence-corrected chi connectivity index (χ1v) is 10.3. The zero-order valence-electron chi connectivity index (χ0n) is 17.8. The summed E-state index contributed by atoms with van der Waals surface area (Å²) in [7, 11) is 0. The number of amides is 1. The number of anilines is 1. The van der Waals surface area contributed by atoms with E-state index in [1.807, 2.05) is 12.3 Å². The minimum Gasteiger partial charge on any atom is -0.307 e. The molecule has 5 nitrogen and oxygen atoms in total. The van der Waals surface area contributed by atoms with Crippen molar-refractivity contribution in [3.8, 4) is 0 Å². The van der Waals surface area contributed by atoms with E-state index in [0.29, 0.717) is 11.7 Å².